The standard InChI is InChI=1S/C4H4Cl4O/c5-3(6)1-2(9-1)4(7)8/h1-4H. The van der Waals surface area contributed by atoms with E-state index in [2.05, 4.69) is 0 Å². The summed E-state index contributed by atoms with van der Waals surface area (Å²) in [5, 5.41) is 0. The van der Waals surface area contributed by atoms with Crippen LogP contribution in [0.4, 0.5) is 0 Å². The van der Waals surface area contributed by atoms with E-state index in [4.69, 9.17) is 51.1 Å². The molecule has 2 atom stereocenters. The Morgan fingerprint density at radius 2 is 1.22 bits per heavy atom. The molecule has 1 saturated heterocycles. The number of rotatable bonds is 2. The Morgan fingerprint density at radius 3 is 1.33 bits per heavy atom. The van der Waals surface area contributed by atoms with Crippen LogP contribution in [-0.2, 0) is 4.74 Å². The van der Waals surface area contributed by atoms with E-state index in [1.165, 1.54) is 0 Å². The lowest BCUT2D eigenvalue weighted by molar-refractivity contribution is 0.382. The van der Waals surface area contributed by atoms with Gasteiger partial charge in [0, 0.05) is 0 Å². The summed E-state index contributed by atoms with van der Waals surface area (Å²) >= 11 is 21.7. The SMILES string of the molecule is ClC(Cl)C1OC1C(Cl)Cl. The Bertz CT molecular complexity index is 92.7. The Morgan fingerprint density at radius 1 is 0.889 bits per heavy atom. The molecule has 9 heavy (non-hydrogen) atoms. The van der Waals surface area contributed by atoms with Crippen molar-refractivity contribution in [3.63, 3.8) is 0 Å². The predicted octanol–water partition coefficient (Wildman–Crippen LogP) is 2.36. The predicted molar refractivity (Wildman–Crippen MR) is 39.6 cm³/mol. The lowest BCUT2D eigenvalue weighted by Gasteiger charge is -1.92. The molecule has 2 unspecified atom stereocenters. The molecule has 0 spiro atoms. The third-order valence-electron chi connectivity index (χ3n) is 1.06. The van der Waals surface area contributed by atoms with Crippen LogP contribution in [0.1, 0.15) is 0 Å². The average molecular weight is 210 g/mol. The summed E-state index contributed by atoms with van der Waals surface area (Å²) in [4.78, 5) is -1.04. The summed E-state index contributed by atoms with van der Waals surface area (Å²) in [5.41, 5.74) is 0. The van der Waals surface area contributed by atoms with Gasteiger partial charge in [-0.2, -0.15) is 0 Å². The molecule has 1 fully saturated rings. The van der Waals surface area contributed by atoms with Gasteiger partial charge in [0.1, 0.15) is 21.9 Å². The van der Waals surface area contributed by atoms with E-state index in [0.29, 0.717) is 0 Å². The topological polar surface area (TPSA) is 12.5 Å². The molecule has 0 aromatic carbocycles. The molecule has 0 saturated carbocycles. The molecule has 0 bridgehead atoms. The fraction of sp³-hybridized carbons (Fsp3) is 1.00. The van der Waals surface area contributed by atoms with Gasteiger partial charge < -0.3 is 4.74 Å². The average Bonchev–Trinajstić information content (AvgIpc) is 2.39. The monoisotopic (exact) mass is 208 g/mol. The molecule has 0 radical (unpaired) electrons. The molecule has 1 rings (SSSR count). The summed E-state index contributed by atoms with van der Waals surface area (Å²) in [6.45, 7) is 0. The minimum absolute atomic E-state index is 0.173. The van der Waals surface area contributed by atoms with Crippen LogP contribution in [0.25, 0.3) is 0 Å². The fourth-order valence-electron chi connectivity index (χ4n) is 0.542. The highest BCUT2D eigenvalue weighted by Crippen LogP contribution is 2.36. The van der Waals surface area contributed by atoms with Crippen molar-refractivity contribution in [3.05, 3.63) is 0 Å². The molecular weight excluding hydrogens is 206 g/mol. The van der Waals surface area contributed by atoms with Gasteiger partial charge in [0.05, 0.1) is 0 Å². The van der Waals surface area contributed by atoms with Crippen LogP contribution >= 0.6 is 46.4 Å². The van der Waals surface area contributed by atoms with Gasteiger partial charge in [0.25, 0.3) is 0 Å². The second kappa shape index (κ2) is 3.02. The maximum absolute atomic E-state index is 5.44. The maximum atomic E-state index is 5.44. The zero-order valence-electron chi connectivity index (χ0n) is 4.23. The molecule has 54 valence electrons. The van der Waals surface area contributed by atoms with Crippen LogP contribution in [0.3, 0.4) is 0 Å². The first-order valence-electron chi connectivity index (χ1n) is 2.34. The zero-order valence-corrected chi connectivity index (χ0v) is 7.25. The molecule has 1 aliphatic heterocycles. The molecular formula is C4H4Cl4O. The first-order chi connectivity index (χ1) is 4.13. The van der Waals surface area contributed by atoms with E-state index in [1.54, 1.807) is 0 Å². The number of hydrogen-bond donors (Lipinski definition) is 0. The van der Waals surface area contributed by atoms with Gasteiger partial charge in [-0.3, -0.25) is 0 Å². The molecule has 0 amide bonds. The quantitative estimate of drug-likeness (QED) is 0.503. The first kappa shape index (κ1) is 8.22. The van der Waals surface area contributed by atoms with Gasteiger partial charge in [0.15, 0.2) is 0 Å². The van der Waals surface area contributed by atoms with Crippen molar-refractivity contribution >= 4 is 46.4 Å². The molecule has 0 aromatic rings. The van der Waals surface area contributed by atoms with E-state index >= 15 is 0 Å². The van der Waals surface area contributed by atoms with Crippen molar-refractivity contribution in [1.82, 2.24) is 0 Å². The summed E-state index contributed by atoms with van der Waals surface area (Å²) in [7, 11) is 0. The smallest absolute Gasteiger partial charge is 0.136 e. The van der Waals surface area contributed by atoms with Crippen LogP contribution in [0.2, 0.25) is 0 Å². The van der Waals surface area contributed by atoms with E-state index in [9.17, 15) is 0 Å². The number of epoxide rings is 1. The van der Waals surface area contributed by atoms with Crippen molar-refractivity contribution in [2.45, 2.75) is 21.9 Å². The second-order valence-electron chi connectivity index (χ2n) is 1.73. The van der Waals surface area contributed by atoms with E-state index in [1.807, 2.05) is 0 Å². The van der Waals surface area contributed by atoms with E-state index < -0.39 is 9.67 Å². The van der Waals surface area contributed by atoms with Gasteiger partial charge in [-0.25, -0.2) is 0 Å². The van der Waals surface area contributed by atoms with Gasteiger partial charge in [-0.15, -0.1) is 46.4 Å². The van der Waals surface area contributed by atoms with Crippen LogP contribution in [0.5, 0.6) is 0 Å². The van der Waals surface area contributed by atoms with Gasteiger partial charge in [-0.05, 0) is 0 Å². The Kier molecular flexibility index (Phi) is 2.75. The molecule has 1 heterocycles. The minimum atomic E-state index is -0.519. The van der Waals surface area contributed by atoms with Crippen molar-refractivity contribution in [3.8, 4) is 0 Å². The zero-order chi connectivity index (χ0) is 7.02. The first-order valence-corrected chi connectivity index (χ1v) is 4.09. The Labute approximate surface area is 73.2 Å². The lowest BCUT2D eigenvalue weighted by atomic mass is 10.4. The van der Waals surface area contributed by atoms with Crippen LogP contribution in [0, 0.1) is 0 Å². The van der Waals surface area contributed by atoms with Gasteiger partial charge in [0.2, 0.25) is 0 Å². The summed E-state index contributed by atoms with van der Waals surface area (Å²) in [6, 6.07) is 0. The normalized spacial score (nSPS) is 34.0. The largest absolute Gasteiger partial charge is 0.364 e. The molecule has 1 nitrogen and oxygen atoms in total. The van der Waals surface area contributed by atoms with Gasteiger partial charge in [-0.1, -0.05) is 0 Å². The molecule has 0 aromatic heterocycles. The third-order valence-corrected chi connectivity index (χ3v) is 2.05. The van der Waals surface area contributed by atoms with Gasteiger partial charge >= 0.3 is 0 Å². The summed E-state index contributed by atoms with van der Waals surface area (Å²) in [6.07, 6.45) is -0.346. The highest BCUT2D eigenvalue weighted by Gasteiger charge is 2.47. The summed E-state index contributed by atoms with van der Waals surface area (Å²) in [5.74, 6) is 0. The highest BCUT2D eigenvalue weighted by molar-refractivity contribution is 6.46. The third kappa shape index (κ3) is 2.02. The van der Waals surface area contributed by atoms with Crippen LogP contribution < -0.4 is 0 Å². The Balaban J connectivity index is 2.24. The fourth-order valence-corrected chi connectivity index (χ4v) is 1.35. The van der Waals surface area contributed by atoms with Crippen LogP contribution in [0.15, 0.2) is 0 Å². The molecule has 5 heteroatoms. The van der Waals surface area contributed by atoms with E-state index in [-0.39, 0.29) is 12.2 Å². The number of halogens is 4. The van der Waals surface area contributed by atoms with Crippen molar-refractivity contribution in [2.75, 3.05) is 0 Å². The summed E-state index contributed by atoms with van der Waals surface area (Å²) < 4.78 is 4.91. The maximum Gasteiger partial charge on any atom is 0.136 e. The van der Waals surface area contributed by atoms with Crippen LogP contribution in [-0.4, -0.2) is 21.9 Å². The van der Waals surface area contributed by atoms with E-state index in [0.717, 1.165) is 0 Å². The number of ether oxygens (including phenoxy) is 1. The Hall–Kier alpha value is 1.12. The van der Waals surface area contributed by atoms with Crippen molar-refractivity contribution < 1.29 is 4.74 Å². The van der Waals surface area contributed by atoms with Crippen molar-refractivity contribution in [1.29, 1.82) is 0 Å². The second-order valence-corrected chi connectivity index (χ2v) is 4.06. The lowest BCUT2D eigenvalue weighted by Crippen LogP contribution is -2.08. The highest BCUT2D eigenvalue weighted by atomic mass is 35.5. The molecule has 0 N–H and O–H groups in total. The van der Waals surface area contributed by atoms with Crippen molar-refractivity contribution in [2.24, 2.45) is 0 Å². The number of alkyl halides is 4. The number of hydrogen-bond acceptors (Lipinski definition) is 1. The minimum Gasteiger partial charge on any atom is -0.364 e. The molecule has 1 aliphatic rings. The molecule has 0 aliphatic carbocycles.